The number of esters is 1. The summed E-state index contributed by atoms with van der Waals surface area (Å²) in [5, 5.41) is 0. The Balaban J connectivity index is 3.32. The molecule has 0 heterocycles. The van der Waals surface area contributed by atoms with Gasteiger partial charge in [-0.3, -0.25) is 4.79 Å². The van der Waals surface area contributed by atoms with E-state index in [1.165, 1.54) is 0 Å². The van der Waals surface area contributed by atoms with E-state index < -0.39 is 0 Å². The number of hydrogen-bond acceptors (Lipinski definition) is 5. The highest BCUT2D eigenvalue weighted by molar-refractivity contribution is 5.71. The third kappa shape index (κ3) is 10.2. The smallest absolute Gasteiger partial charge is 0.308 e. The molecule has 0 spiro atoms. The zero-order valence-corrected chi connectivity index (χ0v) is 10.9. The van der Waals surface area contributed by atoms with Crippen molar-refractivity contribution in [1.82, 2.24) is 0 Å². The van der Waals surface area contributed by atoms with E-state index in [1.54, 1.807) is 7.11 Å². The summed E-state index contributed by atoms with van der Waals surface area (Å²) in [7, 11) is 1.66. The monoisotopic (exact) mass is 247 g/mol. The minimum absolute atomic E-state index is 0.0768. The van der Waals surface area contributed by atoms with Gasteiger partial charge in [-0.1, -0.05) is 6.92 Å². The van der Waals surface area contributed by atoms with Crippen molar-refractivity contribution < 1.29 is 19.0 Å². The first kappa shape index (κ1) is 16.4. The van der Waals surface area contributed by atoms with E-state index in [0.29, 0.717) is 33.0 Å². The summed E-state index contributed by atoms with van der Waals surface area (Å²) in [4.78, 5) is 11.4. The van der Waals surface area contributed by atoms with Crippen molar-refractivity contribution in [2.75, 3.05) is 40.1 Å². The summed E-state index contributed by atoms with van der Waals surface area (Å²) in [6, 6.07) is 0. The molecule has 0 radical (unpaired) electrons. The molecule has 0 saturated carbocycles. The molecular formula is C12H25NO4. The average Bonchev–Trinajstić information content (AvgIpc) is 2.34. The maximum atomic E-state index is 11.4. The first-order valence-electron chi connectivity index (χ1n) is 6.15. The first-order valence-corrected chi connectivity index (χ1v) is 6.15. The molecule has 0 aliphatic rings. The van der Waals surface area contributed by atoms with Crippen molar-refractivity contribution in [2.24, 2.45) is 11.7 Å². The molecule has 0 amide bonds. The van der Waals surface area contributed by atoms with Gasteiger partial charge >= 0.3 is 5.97 Å². The van der Waals surface area contributed by atoms with E-state index >= 15 is 0 Å². The summed E-state index contributed by atoms with van der Waals surface area (Å²) in [6.07, 6.45) is 2.49. The van der Waals surface area contributed by atoms with Crippen LogP contribution in [0.2, 0.25) is 0 Å². The summed E-state index contributed by atoms with van der Waals surface area (Å²) >= 11 is 0. The summed E-state index contributed by atoms with van der Waals surface area (Å²) < 4.78 is 15.2. The molecule has 0 aliphatic carbocycles. The van der Waals surface area contributed by atoms with Crippen LogP contribution in [0, 0.1) is 5.92 Å². The second-order valence-electron chi connectivity index (χ2n) is 3.96. The molecule has 1 atom stereocenters. The van der Waals surface area contributed by atoms with Gasteiger partial charge in [0, 0.05) is 20.3 Å². The molecule has 0 rings (SSSR count). The number of nitrogens with two attached hydrogens (primary N) is 1. The fraction of sp³-hybridized carbons (Fsp3) is 0.917. The molecule has 0 aromatic carbocycles. The Bertz CT molecular complexity index is 187. The molecule has 0 saturated heterocycles. The van der Waals surface area contributed by atoms with Gasteiger partial charge in [-0.2, -0.15) is 0 Å². The van der Waals surface area contributed by atoms with E-state index in [9.17, 15) is 4.79 Å². The molecule has 17 heavy (non-hydrogen) atoms. The molecule has 0 fully saturated rings. The average molecular weight is 247 g/mol. The zero-order chi connectivity index (χ0) is 12.9. The van der Waals surface area contributed by atoms with E-state index in [-0.39, 0.29) is 11.9 Å². The van der Waals surface area contributed by atoms with Gasteiger partial charge in [-0.25, -0.2) is 0 Å². The van der Waals surface area contributed by atoms with E-state index in [0.717, 1.165) is 19.3 Å². The third-order valence-electron chi connectivity index (χ3n) is 2.35. The Hall–Kier alpha value is -0.650. The SMILES string of the molecule is COCCCOCCOC(=O)C(C)CCCN. The normalized spacial score (nSPS) is 12.4. The van der Waals surface area contributed by atoms with Crippen LogP contribution in [0.1, 0.15) is 26.2 Å². The Kier molecular flexibility index (Phi) is 11.4. The number of carbonyl (C=O) groups excluding carboxylic acids is 1. The molecule has 5 nitrogen and oxygen atoms in total. The van der Waals surface area contributed by atoms with Crippen LogP contribution in [0.25, 0.3) is 0 Å². The minimum atomic E-state index is -0.168. The fourth-order valence-corrected chi connectivity index (χ4v) is 1.29. The first-order chi connectivity index (χ1) is 8.22. The van der Waals surface area contributed by atoms with E-state index in [4.69, 9.17) is 19.9 Å². The molecule has 1 unspecified atom stereocenters. The number of carbonyl (C=O) groups is 1. The Labute approximate surface area is 104 Å². The van der Waals surface area contributed by atoms with E-state index in [2.05, 4.69) is 0 Å². The van der Waals surface area contributed by atoms with Gasteiger partial charge in [0.25, 0.3) is 0 Å². The van der Waals surface area contributed by atoms with E-state index in [1.807, 2.05) is 6.92 Å². The molecule has 0 aliphatic heterocycles. The second kappa shape index (κ2) is 11.8. The molecule has 5 heteroatoms. The lowest BCUT2D eigenvalue weighted by Gasteiger charge is -2.11. The highest BCUT2D eigenvalue weighted by Gasteiger charge is 2.13. The van der Waals surface area contributed by atoms with Gasteiger partial charge in [0.05, 0.1) is 12.5 Å². The van der Waals surface area contributed by atoms with Crippen LogP contribution in [-0.4, -0.2) is 46.1 Å². The minimum Gasteiger partial charge on any atom is -0.463 e. The van der Waals surface area contributed by atoms with Crippen molar-refractivity contribution in [3.8, 4) is 0 Å². The zero-order valence-electron chi connectivity index (χ0n) is 10.9. The molecule has 0 aromatic rings. The topological polar surface area (TPSA) is 70.8 Å². The second-order valence-corrected chi connectivity index (χ2v) is 3.96. The van der Waals surface area contributed by atoms with Crippen LogP contribution in [0.15, 0.2) is 0 Å². The summed E-state index contributed by atoms with van der Waals surface area (Å²) in [5.74, 6) is -0.244. The molecule has 102 valence electrons. The van der Waals surface area contributed by atoms with Crippen LogP contribution >= 0.6 is 0 Å². The lowest BCUT2D eigenvalue weighted by atomic mass is 10.1. The van der Waals surface area contributed by atoms with Crippen LogP contribution in [0.3, 0.4) is 0 Å². The summed E-state index contributed by atoms with van der Waals surface area (Å²) in [6.45, 7) is 4.56. The molecule has 0 bridgehead atoms. The predicted molar refractivity (Wildman–Crippen MR) is 65.7 cm³/mol. The maximum absolute atomic E-state index is 11.4. The number of hydrogen-bond donors (Lipinski definition) is 1. The third-order valence-corrected chi connectivity index (χ3v) is 2.35. The highest BCUT2D eigenvalue weighted by atomic mass is 16.6. The van der Waals surface area contributed by atoms with Gasteiger partial charge < -0.3 is 19.9 Å². The van der Waals surface area contributed by atoms with Crippen LogP contribution < -0.4 is 5.73 Å². The standard InChI is InChI=1S/C12H25NO4/c1-11(5-3-6-13)12(14)17-10-9-16-8-4-7-15-2/h11H,3-10,13H2,1-2H3. The fourth-order valence-electron chi connectivity index (χ4n) is 1.29. The Morgan fingerprint density at radius 3 is 2.59 bits per heavy atom. The molecular weight excluding hydrogens is 222 g/mol. The van der Waals surface area contributed by atoms with Gasteiger partial charge in [0.15, 0.2) is 0 Å². The van der Waals surface area contributed by atoms with Gasteiger partial charge in [-0.15, -0.1) is 0 Å². The molecule has 2 N–H and O–H groups in total. The highest BCUT2D eigenvalue weighted by Crippen LogP contribution is 2.06. The predicted octanol–water partition coefficient (Wildman–Crippen LogP) is 0.958. The number of rotatable bonds is 11. The van der Waals surface area contributed by atoms with Crippen LogP contribution in [0.4, 0.5) is 0 Å². The van der Waals surface area contributed by atoms with Crippen molar-refractivity contribution in [3.05, 3.63) is 0 Å². The number of methoxy groups -OCH3 is 1. The van der Waals surface area contributed by atoms with Crippen molar-refractivity contribution in [2.45, 2.75) is 26.2 Å². The lowest BCUT2D eigenvalue weighted by Crippen LogP contribution is -2.18. The van der Waals surface area contributed by atoms with Crippen LogP contribution in [-0.2, 0) is 19.0 Å². The Morgan fingerprint density at radius 1 is 1.18 bits per heavy atom. The largest absolute Gasteiger partial charge is 0.463 e. The maximum Gasteiger partial charge on any atom is 0.308 e. The van der Waals surface area contributed by atoms with Gasteiger partial charge in [0.2, 0.25) is 0 Å². The number of ether oxygens (including phenoxy) is 3. The van der Waals surface area contributed by atoms with Gasteiger partial charge in [-0.05, 0) is 25.8 Å². The van der Waals surface area contributed by atoms with Crippen molar-refractivity contribution in [3.63, 3.8) is 0 Å². The van der Waals surface area contributed by atoms with Crippen molar-refractivity contribution >= 4 is 5.97 Å². The lowest BCUT2D eigenvalue weighted by molar-refractivity contribution is -0.149. The Morgan fingerprint density at radius 2 is 1.94 bits per heavy atom. The quantitative estimate of drug-likeness (QED) is 0.435. The van der Waals surface area contributed by atoms with Crippen molar-refractivity contribution in [1.29, 1.82) is 0 Å². The van der Waals surface area contributed by atoms with Gasteiger partial charge in [0.1, 0.15) is 6.61 Å². The summed E-state index contributed by atoms with van der Waals surface area (Å²) in [5.41, 5.74) is 5.37. The van der Waals surface area contributed by atoms with Crippen LogP contribution in [0.5, 0.6) is 0 Å². The molecule has 0 aromatic heterocycles.